The first-order valence-corrected chi connectivity index (χ1v) is 3.71. The molecule has 0 saturated carbocycles. The number of hydrogen-bond donors (Lipinski definition) is 0. The van der Waals surface area contributed by atoms with Crippen LogP contribution in [0.5, 0.6) is 0 Å². The number of hydrogen-bond acceptors (Lipinski definition) is 3. The Bertz CT molecular complexity index is 235. The molecule has 72 valence electrons. The number of urea groups is 1. The predicted molar refractivity (Wildman–Crippen MR) is 47.6 cm³/mol. The van der Waals surface area contributed by atoms with Crippen LogP contribution < -0.4 is 0 Å². The minimum absolute atomic E-state index is 0.905. The zero-order chi connectivity index (χ0) is 10.9. The standard InChI is InChI=1S/C3N2O3.C2H3Cl3/c6-1-4-3(8)5-2-7;1-2(3,4)5/h;1H3. The topological polar surface area (TPSA) is 75.9 Å². The number of isocyanates is 2. The fraction of sp³-hybridized carbons (Fsp3) is 0.400. The van der Waals surface area contributed by atoms with Crippen molar-refractivity contribution in [2.75, 3.05) is 0 Å². The van der Waals surface area contributed by atoms with Gasteiger partial charge in [0.15, 0.2) is 3.79 Å². The molecule has 0 aromatic rings. The number of alkyl halides is 3. The smallest absolute Gasteiger partial charge is 0.242 e. The van der Waals surface area contributed by atoms with Gasteiger partial charge in [-0.2, -0.15) is 0 Å². The predicted octanol–water partition coefficient (Wildman–Crippen LogP) is 2.15. The molecule has 0 spiro atoms. The Hall–Kier alpha value is -0.700. The lowest BCUT2D eigenvalue weighted by Crippen LogP contribution is -1.87. The third-order valence-electron chi connectivity index (χ3n) is 0.283. The molecular formula is C5H3Cl3N2O3. The van der Waals surface area contributed by atoms with E-state index < -0.39 is 9.82 Å². The van der Waals surface area contributed by atoms with E-state index in [1.54, 1.807) is 0 Å². The minimum atomic E-state index is -1.19. The van der Waals surface area contributed by atoms with Crippen LogP contribution >= 0.6 is 34.8 Å². The van der Waals surface area contributed by atoms with Gasteiger partial charge in [0.2, 0.25) is 12.2 Å². The Morgan fingerprint density at radius 2 is 1.38 bits per heavy atom. The van der Waals surface area contributed by atoms with Crippen LogP contribution in [0, 0.1) is 0 Å². The van der Waals surface area contributed by atoms with Gasteiger partial charge in [-0.3, -0.25) is 0 Å². The summed E-state index contributed by atoms with van der Waals surface area (Å²) in [5.74, 6) is 0. The van der Waals surface area contributed by atoms with Crippen LogP contribution in [0.25, 0.3) is 0 Å². The summed E-state index contributed by atoms with van der Waals surface area (Å²) in [6.45, 7) is 1.48. The molecule has 2 amide bonds. The highest BCUT2D eigenvalue weighted by atomic mass is 35.6. The number of amides is 2. The monoisotopic (exact) mass is 244 g/mol. The molecular weight excluding hydrogens is 242 g/mol. The van der Waals surface area contributed by atoms with E-state index in [9.17, 15) is 14.4 Å². The van der Waals surface area contributed by atoms with Crippen molar-refractivity contribution in [3.8, 4) is 0 Å². The van der Waals surface area contributed by atoms with E-state index >= 15 is 0 Å². The number of aliphatic imine (C=N–C) groups is 2. The Morgan fingerprint density at radius 3 is 1.54 bits per heavy atom. The van der Waals surface area contributed by atoms with Crippen LogP contribution in [0.4, 0.5) is 4.79 Å². The largest absolute Gasteiger partial charge is 0.388 e. The van der Waals surface area contributed by atoms with Gasteiger partial charge in [0.25, 0.3) is 0 Å². The van der Waals surface area contributed by atoms with E-state index in [4.69, 9.17) is 34.8 Å². The first-order valence-electron chi connectivity index (χ1n) is 2.57. The summed E-state index contributed by atoms with van der Waals surface area (Å²) in [4.78, 5) is 33.0. The molecule has 5 nitrogen and oxygen atoms in total. The summed E-state index contributed by atoms with van der Waals surface area (Å²) < 4.78 is -1.08. The molecule has 0 heterocycles. The van der Waals surface area contributed by atoms with Crippen LogP contribution in [-0.2, 0) is 9.59 Å². The quantitative estimate of drug-likeness (QED) is 0.373. The Kier molecular flexibility index (Phi) is 9.02. The van der Waals surface area contributed by atoms with Gasteiger partial charge < -0.3 is 0 Å². The summed E-state index contributed by atoms with van der Waals surface area (Å²) in [6, 6.07) is -1.19. The molecule has 0 fully saturated rings. The highest BCUT2D eigenvalue weighted by molar-refractivity contribution is 6.67. The molecule has 0 bridgehead atoms. The molecule has 0 N–H and O–H groups in total. The van der Waals surface area contributed by atoms with E-state index in [2.05, 4.69) is 9.98 Å². The normalized spacial score (nSPS) is 8.31. The molecule has 13 heavy (non-hydrogen) atoms. The second-order valence-corrected chi connectivity index (χ2v) is 4.32. The fourth-order valence-electron chi connectivity index (χ4n) is 0.103. The van der Waals surface area contributed by atoms with Crippen molar-refractivity contribution in [1.29, 1.82) is 0 Å². The summed E-state index contributed by atoms with van der Waals surface area (Å²) in [6.07, 6.45) is 1.81. The summed E-state index contributed by atoms with van der Waals surface area (Å²) in [5.41, 5.74) is 0. The van der Waals surface area contributed by atoms with Crippen LogP contribution in [0.3, 0.4) is 0 Å². The number of carbonyl (C=O) groups excluding carboxylic acids is 3. The van der Waals surface area contributed by atoms with Crippen molar-refractivity contribution >= 4 is 53.0 Å². The lowest BCUT2D eigenvalue weighted by atomic mass is 10.9. The van der Waals surface area contributed by atoms with Crippen LogP contribution in [0.15, 0.2) is 9.98 Å². The van der Waals surface area contributed by atoms with Crippen LogP contribution in [0.1, 0.15) is 6.92 Å². The van der Waals surface area contributed by atoms with Crippen molar-refractivity contribution in [1.82, 2.24) is 0 Å². The molecule has 0 radical (unpaired) electrons. The van der Waals surface area contributed by atoms with Crippen molar-refractivity contribution in [2.24, 2.45) is 9.98 Å². The van der Waals surface area contributed by atoms with Crippen molar-refractivity contribution in [2.45, 2.75) is 10.7 Å². The second kappa shape index (κ2) is 7.92. The highest BCUT2D eigenvalue weighted by Gasteiger charge is 2.07. The van der Waals surface area contributed by atoms with Gasteiger partial charge in [0, 0.05) is 0 Å². The fourth-order valence-corrected chi connectivity index (χ4v) is 0.103. The van der Waals surface area contributed by atoms with Crippen LogP contribution in [0.2, 0.25) is 0 Å². The Balaban J connectivity index is 0. The van der Waals surface area contributed by atoms with Crippen molar-refractivity contribution in [3.63, 3.8) is 0 Å². The maximum Gasteiger partial charge on any atom is 0.388 e. The maximum absolute atomic E-state index is 9.78. The number of halogens is 3. The number of carbonyl (C=O) groups is 1. The lowest BCUT2D eigenvalue weighted by molar-refractivity contribution is 0.257. The van der Waals surface area contributed by atoms with E-state index in [0.29, 0.717) is 0 Å². The zero-order valence-electron chi connectivity index (χ0n) is 6.25. The van der Waals surface area contributed by atoms with E-state index in [1.807, 2.05) is 0 Å². The van der Waals surface area contributed by atoms with Gasteiger partial charge in [-0.1, -0.05) is 34.8 Å². The summed E-state index contributed by atoms with van der Waals surface area (Å²) in [7, 11) is 0. The first-order chi connectivity index (χ1) is 5.81. The third kappa shape index (κ3) is 34.8. The highest BCUT2D eigenvalue weighted by Crippen LogP contribution is 2.23. The molecule has 0 aliphatic rings. The molecule has 8 heteroatoms. The first kappa shape index (κ1) is 14.8. The van der Waals surface area contributed by atoms with E-state index in [0.717, 1.165) is 12.2 Å². The summed E-state index contributed by atoms with van der Waals surface area (Å²) in [5, 5.41) is 0. The lowest BCUT2D eigenvalue weighted by Gasteiger charge is -1.94. The molecule has 0 aliphatic carbocycles. The van der Waals surface area contributed by atoms with E-state index in [1.165, 1.54) is 6.92 Å². The zero-order valence-corrected chi connectivity index (χ0v) is 8.52. The molecule has 0 aromatic heterocycles. The molecule has 0 aliphatic heterocycles. The number of rotatable bonds is 0. The number of nitrogens with zero attached hydrogens (tertiary/aromatic N) is 2. The molecule has 0 unspecified atom stereocenters. The molecule has 0 aromatic carbocycles. The van der Waals surface area contributed by atoms with Gasteiger partial charge in [-0.25, -0.2) is 14.4 Å². The molecule has 0 saturated heterocycles. The minimum Gasteiger partial charge on any atom is -0.242 e. The van der Waals surface area contributed by atoms with Gasteiger partial charge in [0.05, 0.1) is 0 Å². The Labute approximate surface area is 88.4 Å². The SMILES string of the molecule is CC(Cl)(Cl)Cl.O=C=NC(=O)N=C=O. The maximum atomic E-state index is 9.78. The molecule has 0 atom stereocenters. The average Bonchev–Trinajstić information content (AvgIpc) is 1.84. The summed E-state index contributed by atoms with van der Waals surface area (Å²) >= 11 is 15.2. The van der Waals surface area contributed by atoms with Gasteiger partial charge in [-0.15, -0.1) is 9.98 Å². The third-order valence-corrected chi connectivity index (χ3v) is 0.283. The molecule has 0 rings (SSSR count). The van der Waals surface area contributed by atoms with Gasteiger partial charge >= 0.3 is 6.03 Å². The Morgan fingerprint density at radius 1 is 1.15 bits per heavy atom. The average molecular weight is 245 g/mol. The van der Waals surface area contributed by atoms with Crippen molar-refractivity contribution < 1.29 is 14.4 Å². The van der Waals surface area contributed by atoms with Gasteiger partial charge in [0.1, 0.15) is 0 Å². The second-order valence-electron chi connectivity index (χ2n) is 1.47. The van der Waals surface area contributed by atoms with Crippen LogP contribution in [-0.4, -0.2) is 22.0 Å². The van der Waals surface area contributed by atoms with E-state index in [-0.39, 0.29) is 0 Å². The van der Waals surface area contributed by atoms with Crippen molar-refractivity contribution in [3.05, 3.63) is 0 Å². The van der Waals surface area contributed by atoms with Gasteiger partial charge in [-0.05, 0) is 6.92 Å².